The third-order valence-electron chi connectivity index (χ3n) is 1.98. The summed E-state index contributed by atoms with van der Waals surface area (Å²) in [6, 6.07) is 7.41. The molecule has 1 amide bonds. The normalized spacial score (nSPS) is 9.88. The van der Waals surface area contributed by atoms with E-state index in [4.69, 9.17) is 4.74 Å². The first kappa shape index (κ1) is 12.5. The Labute approximate surface area is 96.0 Å². The van der Waals surface area contributed by atoms with Crippen molar-refractivity contribution in [2.75, 3.05) is 25.0 Å². The summed E-state index contributed by atoms with van der Waals surface area (Å²) in [6.45, 7) is 5.84. The number of likely N-dealkylation sites (N-methyl/N-ethyl adjacent to an activating group) is 1. The topological polar surface area (TPSA) is 50.4 Å². The predicted molar refractivity (Wildman–Crippen MR) is 64.8 cm³/mol. The maximum Gasteiger partial charge on any atom is 0.221 e. The lowest BCUT2D eigenvalue weighted by molar-refractivity contribution is -0.114. The van der Waals surface area contributed by atoms with Gasteiger partial charge in [0.15, 0.2) is 0 Å². The number of rotatable bonds is 6. The molecule has 0 aliphatic carbocycles. The third-order valence-corrected chi connectivity index (χ3v) is 1.98. The summed E-state index contributed by atoms with van der Waals surface area (Å²) in [5.74, 6) is 0.610. The van der Waals surface area contributed by atoms with Crippen LogP contribution in [0.15, 0.2) is 24.3 Å². The standard InChI is InChI=1S/C12H18N2O2/c1-3-13-8-9-16-12-7-5-4-6-11(12)14-10(2)15/h4-7,13H,3,8-9H2,1-2H3,(H,14,15). The maximum atomic E-state index is 11.0. The molecule has 0 saturated carbocycles. The molecule has 4 heteroatoms. The Morgan fingerprint density at radius 2 is 2.12 bits per heavy atom. The van der Waals surface area contributed by atoms with Gasteiger partial charge in [0.25, 0.3) is 0 Å². The minimum atomic E-state index is -0.0947. The number of carbonyl (C=O) groups is 1. The number of para-hydroxylation sites is 2. The van der Waals surface area contributed by atoms with Crippen LogP contribution in [0.2, 0.25) is 0 Å². The molecule has 0 unspecified atom stereocenters. The van der Waals surface area contributed by atoms with E-state index in [0.717, 1.165) is 13.1 Å². The molecule has 2 N–H and O–H groups in total. The minimum absolute atomic E-state index is 0.0947. The van der Waals surface area contributed by atoms with Gasteiger partial charge in [-0.3, -0.25) is 4.79 Å². The van der Waals surface area contributed by atoms with Gasteiger partial charge in [0, 0.05) is 13.5 Å². The fraction of sp³-hybridized carbons (Fsp3) is 0.417. The van der Waals surface area contributed by atoms with E-state index in [-0.39, 0.29) is 5.91 Å². The molecule has 0 radical (unpaired) electrons. The zero-order valence-corrected chi connectivity index (χ0v) is 9.75. The number of nitrogens with one attached hydrogen (secondary N) is 2. The average Bonchev–Trinajstić information content (AvgIpc) is 2.26. The van der Waals surface area contributed by atoms with E-state index < -0.39 is 0 Å². The van der Waals surface area contributed by atoms with Crippen molar-refractivity contribution in [2.24, 2.45) is 0 Å². The van der Waals surface area contributed by atoms with Crippen LogP contribution in [0, 0.1) is 0 Å². The number of anilines is 1. The van der Waals surface area contributed by atoms with Gasteiger partial charge in [0.05, 0.1) is 5.69 Å². The quantitative estimate of drug-likeness (QED) is 0.719. The second kappa shape index (κ2) is 6.85. The van der Waals surface area contributed by atoms with Crippen molar-refractivity contribution >= 4 is 11.6 Å². The van der Waals surface area contributed by atoms with E-state index in [1.54, 1.807) is 0 Å². The number of carbonyl (C=O) groups excluding carboxylic acids is 1. The Balaban J connectivity index is 2.53. The summed E-state index contributed by atoms with van der Waals surface area (Å²) < 4.78 is 5.56. The molecule has 0 atom stereocenters. The molecular formula is C12H18N2O2. The Morgan fingerprint density at radius 3 is 2.81 bits per heavy atom. The fourth-order valence-corrected chi connectivity index (χ4v) is 1.30. The summed E-state index contributed by atoms with van der Waals surface area (Å²) in [4.78, 5) is 11.0. The van der Waals surface area contributed by atoms with Crippen molar-refractivity contribution in [3.05, 3.63) is 24.3 Å². The molecular weight excluding hydrogens is 204 g/mol. The first-order valence-electron chi connectivity index (χ1n) is 5.44. The van der Waals surface area contributed by atoms with Gasteiger partial charge < -0.3 is 15.4 Å². The molecule has 0 fully saturated rings. The Kier molecular flexibility index (Phi) is 5.36. The molecule has 0 aliphatic rings. The van der Waals surface area contributed by atoms with Crippen LogP contribution in [0.1, 0.15) is 13.8 Å². The average molecular weight is 222 g/mol. The van der Waals surface area contributed by atoms with Gasteiger partial charge in [-0.25, -0.2) is 0 Å². The van der Waals surface area contributed by atoms with Crippen LogP contribution in [0.5, 0.6) is 5.75 Å². The second-order valence-corrected chi connectivity index (χ2v) is 3.38. The lowest BCUT2D eigenvalue weighted by Crippen LogP contribution is -2.20. The summed E-state index contributed by atoms with van der Waals surface area (Å²) in [7, 11) is 0. The van der Waals surface area contributed by atoms with Crippen molar-refractivity contribution in [1.82, 2.24) is 5.32 Å². The molecule has 0 spiro atoms. The highest BCUT2D eigenvalue weighted by Gasteiger charge is 2.03. The molecule has 0 heterocycles. The lowest BCUT2D eigenvalue weighted by atomic mass is 10.3. The van der Waals surface area contributed by atoms with Crippen LogP contribution >= 0.6 is 0 Å². The molecule has 16 heavy (non-hydrogen) atoms. The smallest absolute Gasteiger partial charge is 0.221 e. The first-order chi connectivity index (χ1) is 7.74. The van der Waals surface area contributed by atoms with Crippen molar-refractivity contribution in [3.8, 4) is 5.75 Å². The summed E-state index contributed by atoms with van der Waals surface area (Å²) >= 11 is 0. The molecule has 0 aromatic heterocycles. The Hall–Kier alpha value is -1.55. The zero-order chi connectivity index (χ0) is 11.8. The highest BCUT2D eigenvalue weighted by atomic mass is 16.5. The van der Waals surface area contributed by atoms with E-state index in [2.05, 4.69) is 10.6 Å². The fourth-order valence-electron chi connectivity index (χ4n) is 1.30. The Bertz CT molecular complexity index is 340. The molecule has 0 saturated heterocycles. The minimum Gasteiger partial charge on any atom is -0.490 e. The number of ether oxygens (including phenoxy) is 1. The number of amides is 1. The predicted octanol–water partition coefficient (Wildman–Crippen LogP) is 1.63. The molecule has 88 valence electrons. The van der Waals surface area contributed by atoms with E-state index in [0.29, 0.717) is 18.0 Å². The van der Waals surface area contributed by atoms with Crippen LogP contribution in [0.4, 0.5) is 5.69 Å². The largest absolute Gasteiger partial charge is 0.490 e. The van der Waals surface area contributed by atoms with E-state index in [1.165, 1.54) is 6.92 Å². The highest BCUT2D eigenvalue weighted by molar-refractivity contribution is 5.90. The van der Waals surface area contributed by atoms with Crippen molar-refractivity contribution < 1.29 is 9.53 Å². The zero-order valence-electron chi connectivity index (χ0n) is 9.75. The first-order valence-corrected chi connectivity index (χ1v) is 5.44. The third kappa shape index (κ3) is 4.31. The van der Waals surface area contributed by atoms with Crippen LogP contribution in [-0.4, -0.2) is 25.6 Å². The molecule has 4 nitrogen and oxygen atoms in total. The lowest BCUT2D eigenvalue weighted by Gasteiger charge is -2.11. The SMILES string of the molecule is CCNCCOc1ccccc1NC(C)=O. The summed E-state index contributed by atoms with van der Waals surface area (Å²) in [5.41, 5.74) is 0.714. The molecule has 0 aliphatic heterocycles. The van der Waals surface area contributed by atoms with Crippen LogP contribution in [0.25, 0.3) is 0 Å². The van der Waals surface area contributed by atoms with Gasteiger partial charge >= 0.3 is 0 Å². The van der Waals surface area contributed by atoms with E-state index >= 15 is 0 Å². The van der Waals surface area contributed by atoms with Crippen molar-refractivity contribution in [1.29, 1.82) is 0 Å². The van der Waals surface area contributed by atoms with Gasteiger partial charge in [-0.1, -0.05) is 19.1 Å². The van der Waals surface area contributed by atoms with Gasteiger partial charge in [-0.2, -0.15) is 0 Å². The van der Waals surface area contributed by atoms with Crippen LogP contribution in [0.3, 0.4) is 0 Å². The van der Waals surface area contributed by atoms with Gasteiger partial charge in [-0.15, -0.1) is 0 Å². The van der Waals surface area contributed by atoms with Crippen molar-refractivity contribution in [3.63, 3.8) is 0 Å². The summed E-state index contributed by atoms with van der Waals surface area (Å²) in [5, 5.41) is 5.90. The van der Waals surface area contributed by atoms with E-state index in [9.17, 15) is 4.79 Å². The van der Waals surface area contributed by atoms with Gasteiger partial charge in [-0.05, 0) is 18.7 Å². The Morgan fingerprint density at radius 1 is 1.38 bits per heavy atom. The van der Waals surface area contributed by atoms with Gasteiger partial charge in [0.1, 0.15) is 12.4 Å². The monoisotopic (exact) mass is 222 g/mol. The number of hydrogen-bond acceptors (Lipinski definition) is 3. The van der Waals surface area contributed by atoms with Crippen LogP contribution in [-0.2, 0) is 4.79 Å². The number of benzene rings is 1. The van der Waals surface area contributed by atoms with E-state index in [1.807, 2.05) is 31.2 Å². The molecule has 0 bridgehead atoms. The second-order valence-electron chi connectivity index (χ2n) is 3.38. The van der Waals surface area contributed by atoms with Crippen LogP contribution < -0.4 is 15.4 Å². The maximum absolute atomic E-state index is 11.0. The van der Waals surface area contributed by atoms with Crippen molar-refractivity contribution in [2.45, 2.75) is 13.8 Å². The highest BCUT2D eigenvalue weighted by Crippen LogP contribution is 2.23. The number of hydrogen-bond donors (Lipinski definition) is 2. The molecule has 1 aromatic rings. The molecule has 1 aromatic carbocycles. The molecule has 1 rings (SSSR count). The summed E-state index contributed by atoms with van der Waals surface area (Å²) in [6.07, 6.45) is 0. The van der Waals surface area contributed by atoms with Gasteiger partial charge in [0.2, 0.25) is 5.91 Å².